The smallest absolute Gasteiger partial charge is 0.128 e. The van der Waals surface area contributed by atoms with Crippen molar-refractivity contribution in [2.75, 3.05) is 20.2 Å². The molecule has 5 heteroatoms. The first-order chi connectivity index (χ1) is 10.1. The van der Waals surface area contributed by atoms with Crippen molar-refractivity contribution >= 4 is 15.9 Å². The molecule has 2 unspecified atom stereocenters. The number of nitrogens with zero attached hydrogens (tertiary/aromatic N) is 1. The largest absolute Gasteiger partial charge is 0.492 e. The number of ether oxygens (including phenoxy) is 1. The molecule has 1 aromatic carbocycles. The van der Waals surface area contributed by atoms with Gasteiger partial charge in [0, 0.05) is 35.2 Å². The second kappa shape index (κ2) is 6.63. The van der Waals surface area contributed by atoms with Crippen LogP contribution in [0.5, 0.6) is 5.75 Å². The summed E-state index contributed by atoms with van der Waals surface area (Å²) in [4.78, 5) is 2.39. The van der Waals surface area contributed by atoms with Crippen LogP contribution in [0.4, 0.5) is 4.39 Å². The highest BCUT2D eigenvalue weighted by atomic mass is 79.9. The van der Waals surface area contributed by atoms with Crippen LogP contribution in [-0.2, 0) is 0 Å². The predicted molar refractivity (Wildman–Crippen MR) is 85.2 cm³/mol. The lowest BCUT2D eigenvalue weighted by Crippen LogP contribution is -2.47. The molecule has 1 aromatic rings. The van der Waals surface area contributed by atoms with Crippen molar-refractivity contribution in [1.29, 1.82) is 0 Å². The first-order valence-electron chi connectivity index (χ1n) is 7.65. The minimum Gasteiger partial charge on any atom is -0.492 e. The number of benzene rings is 1. The maximum atomic E-state index is 13.3. The normalized spacial score (nSPS) is 28.1. The van der Waals surface area contributed by atoms with Crippen LogP contribution in [0.25, 0.3) is 0 Å². The van der Waals surface area contributed by atoms with E-state index in [0.717, 1.165) is 6.54 Å². The third-order valence-electron chi connectivity index (χ3n) is 4.62. The van der Waals surface area contributed by atoms with Gasteiger partial charge in [0.15, 0.2) is 0 Å². The van der Waals surface area contributed by atoms with Gasteiger partial charge in [-0.1, -0.05) is 15.9 Å². The zero-order chi connectivity index (χ0) is 14.8. The minimum absolute atomic E-state index is 0.275. The third kappa shape index (κ3) is 3.96. The summed E-state index contributed by atoms with van der Waals surface area (Å²) < 4.78 is 19.7. The Morgan fingerprint density at radius 3 is 2.67 bits per heavy atom. The SMILES string of the molecule is CN(CCOc1cc(F)cc(Br)c1)C1CC2CCC(C1)N2. The van der Waals surface area contributed by atoms with E-state index in [1.54, 1.807) is 6.07 Å². The Hall–Kier alpha value is -0.650. The summed E-state index contributed by atoms with van der Waals surface area (Å²) in [6.07, 6.45) is 5.11. The van der Waals surface area contributed by atoms with Crippen molar-refractivity contribution < 1.29 is 9.13 Å². The van der Waals surface area contributed by atoms with Crippen molar-refractivity contribution in [1.82, 2.24) is 10.2 Å². The van der Waals surface area contributed by atoms with Crippen LogP contribution in [0.15, 0.2) is 22.7 Å². The standard InChI is InChI=1S/C16H22BrFN2O/c1-20(15-9-13-2-3-14(10-15)19-13)4-5-21-16-7-11(17)6-12(18)8-16/h6-8,13-15,19H,2-5,9-10H2,1H3. The minimum atomic E-state index is -0.275. The highest BCUT2D eigenvalue weighted by molar-refractivity contribution is 9.10. The van der Waals surface area contributed by atoms with Crippen LogP contribution in [0.1, 0.15) is 25.7 Å². The Labute approximate surface area is 134 Å². The Balaban J connectivity index is 1.46. The highest BCUT2D eigenvalue weighted by Crippen LogP contribution is 2.29. The van der Waals surface area contributed by atoms with Gasteiger partial charge >= 0.3 is 0 Å². The molecule has 2 fully saturated rings. The molecule has 3 rings (SSSR count). The molecule has 2 bridgehead atoms. The van der Waals surface area contributed by atoms with E-state index in [4.69, 9.17) is 4.74 Å². The molecule has 0 saturated carbocycles. The van der Waals surface area contributed by atoms with E-state index in [1.807, 2.05) is 0 Å². The van der Waals surface area contributed by atoms with Crippen LogP contribution in [0.2, 0.25) is 0 Å². The van der Waals surface area contributed by atoms with Gasteiger partial charge in [0.1, 0.15) is 18.2 Å². The lowest BCUT2D eigenvalue weighted by molar-refractivity contribution is 0.147. The second-order valence-corrected chi connectivity index (χ2v) is 7.11. The zero-order valence-corrected chi connectivity index (χ0v) is 13.9. The number of piperidine rings is 1. The van der Waals surface area contributed by atoms with E-state index in [1.165, 1.54) is 37.8 Å². The second-order valence-electron chi connectivity index (χ2n) is 6.20. The van der Waals surface area contributed by atoms with Gasteiger partial charge in [0.2, 0.25) is 0 Å². The molecule has 2 saturated heterocycles. The Kier molecular flexibility index (Phi) is 4.82. The van der Waals surface area contributed by atoms with Crippen LogP contribution >= 0.6 is 15.9 Å². The summed E-state index contributed by atoms with van der Waals surface area (Å²) in [7, 11) is 2.17. The molecule has 0 radical (unpaired) electrons. The number of likely N-dealkylation sites (N-methyl/N-ethyl adjacent to an activating group) is 1. The van der Waals surface area contributed by atoms with Gasteiger partial charge in [-0.3, -0.25) is 4.90 Å². The predicted octanol–water partition coefficient (Wildman–Crippen LogP) is 3.18. The molecule has 3 nitrogen and oxygen atoms in total. The topological polar surface area (TPSA) is 24.5 Å². The van der Waals surface area contributed by atoms with E-state index in [2.05, 4.69) is 33.2 Å². The summed E-state index contributed by atoms with van der Waals surface area (Å²) >= 11 is 3.28. The molecule has 2 aliphatic rings. The number of hydrogen-bond acceptors (Lipinski definition) is 3. The van der Waals surface area contributed by atoms with E-state index in [0.29, 0.717) is 35.0 Å². The lowest BCUT2D eigenvalue weighted by atomic mass is 9.99. The lowest BCUT2D eigenvalue weighted by Gasteiger charge is -2.35. The molecule has 0 amide bonds. The maximum Gasteiger partial charge on any atom is 0.128 e. The van der Waals surface area contributed by atoms with Gasteiger partial charge < -0.3 is 10.1 Å². The highest BCUT2D eigenvalue weighted by Gasteiger charge is 2.34. The molecular weight excluding hydrogens is 335 g/mol. The van der Waals surface area contributed by atoms with Crippen LogP contribution < -0.4 is 10.1 Å². The Morgan fingerprint density at radius 1 is 1.29 bits per heavy atom. The van der Waals surface area contributed by atoms with Gasteiger partial charge in [-0.25, -0.2) is 4.39 Å². The van der Waals surface area contributed by atoms with Crippen molar-refractivity contribution in [3.8, 4) is 5.75 Å². The van der Waals surface area contributed by atoms with Crippen molar-refractivity contribution in [2.24, 2.45) is 0 Å². The molecule has 2 heterocycles. The quantitative estimate of drug-likeness (QED) is 0.876. The molecule has 1 N–H and O–H groups in total. The van der Waals surface area contributed by atoms with Crippen LogP contribution in [-0.4, -0.2) is 43.2 Å². The van der Waals surface area contributed by atoms with E-state index >= 15 is 0 Å². The molecule has 0 aliphatic carbocycles. The fourth-order valence-electron chi connectivity index (χ4n) is 3.49. The van der Waals surface area contributed by atoms with Crippen molar-refractivity contribution in [3.05, 3.63) is 28.5 Å². The Morgan fingerprint density at radius 2 is 2.00 bits per heavy atom. The first-order valence-corrected chi connectivity index (χ1v) is 8.44. The number of halogens is 2. The third-order valence-corrected chi connectivity index (χ3v) is 5.08. The molecule has 2 atom stereocenters. The molecular formula is C16H22BrFN2O. The molecule has 0 spiro atoms. The molecule has 116 valence electrons. The van der Waals surface area contributed by atoms with E-state index in [9.17, 15) is 4.39 Å². The summed E-state index contributed by atoms with van der Waals surface area (Å²) in [5.41, 5.74) is 0. The van der Waals surface area contributed by atoms with Crippen molar-refractivity contribution in [3.63, 3.8) is 0 Å². The average molecular weight is 357 g/mol. The van der Waals surface area contributed by atoms with Gasteiger partial charge in [-0.15, -0.1) is 0 Å². The summed E-state index contributed by atoms with van der Waals surface area (Å²) in [5, 5.41) is 3.66. The molecule has 21 heavy (non-hydrogen) atoms. The summed E-state index contributed by atoms with van der Waals surface area (Å²) in [6.45, 7) is 1.46. The monoisotopic (exact) mass is 356 g/mol. The number of fused-ring (bicyclic) bond motifs is 2. The molecule has 2 aliphatic heterocycles. The number of rotatable bonds is 5. The van der Waals surface area contributed by atoms with Crippen molar-refractivity contribution in [2.45, 2.75) is 43.8 Å². The van der Waals surface area contributed by atoms with Gasteiger partial charge in [0.05, 0.1) is 0 Å². The average Bonchev–Trinajstić information content (AvgIpc) is 2.76. The fraction of sp³-hybridized carbons (Fsp3) is 0.625. The first kappa shape index (κ1) is 15.3. The number of hydrogen-bond donors (Lipinski definition) is 1. The molecule has 0 aromatic heterocycles. The summed E-state index contributed by atoms with van der Waals surface area (Å²) in [6, 6.07) is 6.71. The number of nitrogens with one attached hydrogen (secondary N) is 1. The van der Waals surface area contributed by atoms with Gasteiger partial charge in [-0.05, 0) is 44.9 Å². The van der Waals surface area contributed by atoms with E-state index < -0.39 is 0 Å². The fourth-order valence-corrected chi connectivity index (χ4v) is 3.93. The van der Waals surface area contributed by atoms with Gasteiger partial charge in [0.25, 0.3) is 0 Å². The summed E-state index contributed by atoms with van der Waals surface area (Å²) in [5.74, 6) is 0.309. The van der Waals surface area contributed by atoms with Crippen LogP contribution in [0, 0.1) is 5.82 Å². The maximum absolute atomic E-state index is 13.3. The van der Waals surface area contributed by atoms with E-state index in [-0.39, 0.29) is 5.82 Å². The van der Waals surface area contributed by atoms with Crippen LogP contribution in [0.3, 0.4) is 0 Å². The zero-order valence-electron chi connectivity index (χ0n) is 12.3. The Bertz CT molecular complexity index is 467. The van der Waals surface area contributed by atoms with Gasteiger partial charge in [-0.2, -0.15) is 0 Å².